The second-order valence-electron chi connectivity index (χ2n) is 35.6. The molecule has 396 valence electrons. The maximum atomic E-state index is 2.43. The molecular formula is C66H132. The zero-order valence-electron chi connectivity index (χ0n) is 52.9. The predicted molar refractivity (Wildman–Crippen MR) is 304 cm³/mol. The lowest BCUT2D eigenvalue weighted by Crippen LogP contribution is -2.58. The molecule has 0 N–H and O–H groups in total. The Bertz CT molecular complexity index is 1360. The molecule has 0 unspecified atom stereocenters. The minimum Gasteiger partial charge on any atom is -0.0625 e. The van der Waals surface area contributed by atoms with Gasteiger partial charge in [-0.3, -0.25) is 0 Å². The van der Waals surface area contributed by atoms with Crippen LogP contribution in [0, 0.1) is 92.6 Å². The van der Waals surface area contributed by atoms with Gasteiger partial charge in [-0.25, -0.2) is 0 Å². The zero-order valence-corrected chi connectivity index (χ0v) is 52.9. The molecule has 0 aliphatic heterocycles. The van der Waals surface area contributed by atoms with E-state index in [1.807, 2.05) is 0 Å². The minimum absolute atomic E-state index is 0.431. The molecule has 5 aliphatic rings. The Labute approximate surface area is 421 Å². The van der Waals surface area contributed by atoms with Gasteiger partial charge < -0.3 is 0 Å². The molecule has 0 heterocycles. The van der Waals surface area contributed by atoms with Crippen LogP contribution in [0.3, 0.4) is 0 Å². The zero-order chi connectivity index (χ0) is 52.9. The van der Waals surface area contributed by atoms with Crippen LogP contribution in [0.2, 0.25) is 0 Å². The first-order chi connectivity index (χ1) is 28.6. The van der Waals surface area contributed by atoms with Gasteiger partial charge in [0, 0.05) is 0 Å². The SMILES string of the molecule is CC(C)(C)C1(C(C)(C)C)CCC1.CC(C)(C)C1(C(C)(C)C)CCCC1.CC(C)(C)C1(C(C)(C)C)CCCCC1.CC1(C)CC(C(C)(C)C)(C(C)(C)C)C1.CC1CC(C(C)(C)C)(C(C)(C)C)C1. The highest BCUT2D eigenvalue weighted by Gasteiger charge is 2.61. The Morgan fingerprint density at radius 3 is 0.515 bits per heavy atom. The quantitative estimate of drug-likeness (QED) is 0.227. The Hall–Kier alpha value is 0. The highest BCUT2D eigenvalue weighted by Crippen LogP contribution is 2.70. The first kappa shape index (κ1) is 64.0. The highest BCUT2D eigenvalue weighted by atomic mass is 14.7. The Morgan fingerprint density at radius 1 is 0.242 bits per heavy atom. The summed E-state index contributed by atoms with van der Waals surface area (Å²) in [6, 6.07) is 0. The van der Waals surface area contributed by atoms with Gasteiger partial charge in [0.2, 0.25) is 0 Å². The summed E-state index contributed by atoms with van der Waals surface area (Å²) < 4.78 is 0. The lowest BCUT2D eigenvalue weighted by atomic mass is 9.38. The lowest BCUT2D eigenvalue weighted by Gasteiger charge is -2.66. The van der Waals surface area contributed by atoms with Gasteiger partial charge >= 0.3 is 0 Å². The standard InChI is InChI=1S/2C14H28.2C13H26.C12H24/c1-11(2,3)14(12(4,5)6)9-13(7,8)10-14;1-12(2,3)14(13(4,5)6)10-8-7-9-11-14;1-10-8-13(9-10,11(2,3)4)12(5,6)7;1-11(2,3)13(12(4,5)6)9-7-8-10-13;1-10(2,3)12(8-7-9-12)11(4,5)6/h9-10H2,1-8H3;7-11H2,1-6H3;10H,8-9H2,1-7H3;7-10H2,1-6H3;7-9H2,1-6H3. The molecule has 0 amide bonds. The molecule has 0 aromatic heterocycles. The van der Waals surface area contributed by atoms with Gasteiger partial charge in [-0.05, 0) is 157 Å². The summed E-state index contributed by atoms with van der Waals surface area (Å²) in [5, 5.41) is 0. The van der Waals surface area contributed by atoms with Crippen molar-refractivity contribution in [2.24, 2.45) is 92.6 Å². The third kappa shape index (κ3) is 13.1. The van der Waals surface area contributed by atoms with Crippen LogP contribution in [0.4, 0.5) is 0 Å². The average Bonchev–Trinajstić information content (AvgIpc) is 3.51. The van der Waals surface area contributed by atoms with Crippen molar-refractivity contribution >= 4 is 0 Å². The molecule has 0 aromatic carbocycles. The predicted octanol–water partition coefficient (Wildman–Crippen LogP) is 23.3. The topological polar surface area (TPSA) is 0 Å². The molecule has 5 saturated carbocycles. The third-order valence-corrected chi connectivity index (χ3v) is 21.7. The highest BCUT2D eigenvalue weighted by molar-refractivity contribution is 5.10. The molecule has 0 radical (unpaired) electrons. The molecule has 0 nitrogen and oxygen atoms in total. The fourth-order valence-corrected chi connectivity index (χ4v) is 17.8. The molecular weight excluding hydrogens is 793 g/mol. The molecule has 0 spiro atoms. The first-order valence-corrected chi connectivity index (χ1v) is 28.6. The molecule has 0 atom stereocenters. The van der Waals surface area contributed by atoms with E-state index in [1.165, 1.54) is 103 Å². The van der Waals surface area contributed by atoms with Crippen molar-refractivity contribution < 1.29 is 0 Å². The second kappa shape index (κ2) is 20.1. The lowest BCUT2D eigenvalue weighted by molar-refractivity contribution is -0.169. The maximum absolute atomic E-state index is 2.43. The van der Waals surface area contributed by atoms with Crippen LogP contribution in [0.5, 0.6) is 0 Å². The van der Waals surface area contributed by atoms with E-state index in [-0.39, 0.29) is 0 Å². The van der Waals surface area contributed by atoms with Crippen LogP contribution in [-0.2, 0) is 0 Å². The van der Waals surface area contributed by atoms with Crippen molar-refractivity contribution in [3.8, 4) is 0 Å². The molecule has 0 saturated heterocycles. The van der Waals surface area contributed by atoms with Crippen LogP contribution in [0.25, 0.3) is 0 Å². The fraction of sp³-hybridized carbons (Fsp3) is 1.00. The molecule has 5 rings (SSSR count). The van der Waals surface area contributed by atoms with Gasteiger partial charge in [0.1, 0.15) is 0 Å². The molecule has 66 heavy (non-hydrogen) atoms. The summed E-state index contributed by atoms with van der Waals surface area (Å²) >= 11 is 0. The van der Waals surface area contributed by atoms with Gasteiger partial charge in [0.05, 0.1) is 0 Å². The summed E-state index contributed by atoms with van der Waals surface area (Å²) in [6.45, 7) is 79.6. The first-order valence-electron chi connectivity index (χ1n) is 28.6. The second-order valence-corrected chi connectivity index (χ2v) is 35.6. The van der Waals surface area contributed by atoms with Crippen molar-refractivity contribution in [2.45, 2.75) is 331 Å². The summed E-state index contributed by atoms with van der Waals surface area (Å²) in [7, 11) is 0. The van der Waals surface area contributed by atoms with Crippen molar-refractivity contribution in [1.82, 2.24) is 0 Å². The summed E-state index contributed by atoms with van der Waals surface area (Å²) in [5.74, 6) is 0.943. The number of hydrogen-bond acceptors (Lipinski definition) is 0. The smallest absolute Gasteiger partial charge is 0.0190 e. The van der Waals surface area contributed by atoms with Gasteiger partial charge in [-0.1, -0.05) is 267 Å². The van der Waals surface area contributed by atoms with Crippen molar-refractivity contribution in [3.63, 3.8) is 0 Å². The van der Waals surface area contributed by atoms with Gasteiger partial charge in [-0.2, -0.15) is 0 Å². The molecule has 5 fully saturated rings. The largest absolute Gasteiger partial charge is 0.0625 e. The van der Waals surface area contributed by atoms with Crippen LogP contribution in [-0.4, -0.2) is 0 Å². The van der Waals surface area contributed by atoms with Gasteiger partial charge in [-0.15, -0.1) is 0 Å². The Kier molecular flexibility index (Phi) is 19.5. The fourth-order valence-electron chi connectivity index (χ4n) is 17.8. The number of rotatable bonds is 0. The summed E-state index contributed by atoms with van der Waals surface area (Å²) in [4.78, 5) is 0. The van der Waals surface area contributed by atoms with E-state index in [0.29, 0.717) is 86.6 Å². The molecule has 0 bridgehead atoms. The van der Waals surface area contributed by atoms with E-state index < -0.39 is 0 Å². The average molecular weight is 926 g/mol. The normalized spacial score (nSPS) is 24.1. The summed E-state index contributed by atoms with van der Waals surface area (Å²) in [5.41, 5.74) is 7.94. The van der Waals surface area contributed by atoms with Gasteiger partial charge in [0.25, 0.3) is 0 Å². The van der Waals surface area contributed by atoms with E-state index in [4.69, 9.17) is 0 Å². The third-order valence-electron chi connectivity index (χ3n) is 21.7. The van der Waals surface area contributed by atoms with Crippen molar-refractivity contribution in [1.29, 1.82) is 0 Å². The van der Waals surface area contributed by atoms with Crippen LogP contribution in [0.1, 0.15) is 331 Å². The minimum atomic E-state index is 0.431. The van der Waals surface area contributed by atoms with E-state index in [9.17, 15) is 0 Å². The van der Waals surface area contributed by atoms with Crippen LogP contribution >= 0.6 is 0 Å². The Balaban J connectivity index is 0.000000413. The van der Waals surface area contributed by atoms with E-state index in [0.717, 1.165) is 5.92 Å². The van der Waals surface area contributed by atoms with E-state index in [2.05, 4.69) is 228 Å². The monoisotopic (exact) mass is 925 g/mol. The van der Waals surface area contributed by atoms with Crippen molar-refractivity contribution in [2.75, 3.05) is 0 Å². The Morgan fingerprint density at radius 2 is 0.424 bits per heavy atom. The van der Waals surface area contributed by atoms with Crippen LogP contribution < -0.4 is 0 Å². The number of hydrogen-bond donors (Lipinski definition) is 0. The molecule has 0 aromatic rings. The maximum Gasteiger partial charge on any atom is -0.0190 e. The van der Waals surface area contributed by atoms with E-state index >= 15 is 0 Å². The van der Waals surface area contributed by atoms with Crippen LogP contribution in [0.15, 0.2) is 0 Å². The molecule has 0 heteroatoms. The van der Waals surface area contributed by atoms with E-state index in [1.54, 1.807) is 0 Å². The van der Waals surface area contributed by atoms with Gasteiger partial charge in [0.15, 0.2) is 0 Å². The molecule has 5 aliphatic carbocycles. The van der Waals surface area contributed by atoms with Crippen molar-refractivity contribution in [3.05, 3.63) is 0 Å². The summed E-state index contributed by atoms with van der Waals surface area (Å²) in [6.07, 6.45) is 22.8.